The highest BCUT2D eigenvalue weighted by Gasteiger charge is 2.10. The summed E-state index contributed by atoms with van der Waals surface area (Å²) >= 11 is 0. The molecule has 3 nitrogen and oxygen atoms in total. The van der Waals surface area contributed by atoms with E-state index < -0.39 is 0 Å². The van der Waals surface area contributed by atoms with E-state index in [9.17, 15) is 9.59 Å². The molecule has 0 rings (SSSR count). The molecular formula is C10H18O3. The second-order valence-electron chi connectivity index (χ2n) is 3.12. The molecule has 3 heteroatoms. The summed E-state index contributed by atoms with van der Waals surface area (Å²) in [5.41, 5.74) is 0. The highest BCUT2D eigenvalue weighted by Crippen LogP contribution is 2.10. The van der Waals surface area contributed by atoms with Gasteiger partial charge in [-0.25, -0.2) is 0 Å². The zero-order valence-corrected chi connectivity index (χ0v) is 8.41. The van der Waals surface area contributed by atoms with Crippen molar-refractivity contribution < 1.29 is 14.3 Å². The van der Waals surface area contributed by atoms with Crippen LogP contribution < -0.4 is 0 Å². The first-order chi connectivity index (χ1) is 6.20. The van der Waals surface area contributed by atoms with Gasteiger partial charge in [0.05, 0.1) is 0 Å². The van der Waals surface area contributed by atoms with E-state index in [1.54, 1.807) is 0 Å². The van der Waals surface area contributed by atoms with Gasteiger partial charge < -0.3 is 9.53 Å². The second-order valence-corrected chi connectivity index (χ2v) is 3.12. The Morgan fingerprint density at radius 3 is 2.62 bits per heavy atom. The van der Waals surface area contributed by atoms with Gasteiger partial charge in [0.2, 0.25) is 0 Å². The maximum atomic E-state index is 10.7. The second kappa shape index (κ2) is 7.77. The number of carbonyl (C=O) groups is 2. The third kappa shape index (κ3) is 7.50. The molecule has 0 heterocycles. The summed E-state index contributed by atoms with van der Waals surface area (Å²) in [4.78, 5) is 20.8. The molecule has 0 aliphatic heterocycles. The summed E-state index contributed by atoms with van der Waals surface area (Å²) in [7, 11) is 0. The lowest BCUT2D eigenvalue weighted by Gasteiger charge is -2.14. The average molecular weight is 186 g/mol. The number of aldehydes is 1. The number of carbonyl (C=O) groups excluding carboxylic acids is 2. The first kappa shape index (κ1) is 12.1. The van der Waals surface area contributed by atoms with E-state index in [0.717, 1.165) is 25.5 Å². The Balaban J connectivity index is 3.72. The molecule has 0 bridgehead atoms. The minimum absolute atomic E-state index is 0.0670. The number of ether oxygens (including phenoxy) is 1. The fraction of sp³-hybridized carbons (Fsp3) is 0.800. The van der Waals surface area contributed by atoms with E-state index in [2.05, 4.69) is 6.92 Å². The lowest BCUT2D eigenvalue weighted by atomic mass is 10.1. The number of esters is 1. The van der Waals surface area contributed by atoms with Crippen LogP contribution in [0.1, 0.15) is 46.0 Å². The lowest BCUT2D eigenvalue weighted by molar-refractivity contribution is -0.147. The van der Waals surface area contributed by atoms with Crippen LogP contribution in [0.25, 0.3) is 0 Å². The van der Waals surface area contributed by atoms with E-state index in [-0.39, 0.29) is 12.1 Å². The molecule has 0 aliphatic rings. The molecule has 0 fully saturated rings. The van der Waals surface area contributed by atoms with E-state index in [1.807, 2.05) is 0 Å². The van der Waals surface area contributed by atoms with Crippen molar-refractivity contribution in [2.75, 3.05) is 0 Å². The van der Waals surface area contributed by atoms with Gasteiger partial charge in [-0.1, -0.05) is 19.8 Å². The predicted octanol–water partition coefficient (Wildman–Crippen LogP) is 2.09. The predicted molar refractivity (Wildman–Crippen MR) is 50.4 cm³/mol. The summed E-state index contributed by atoms with van der Waals surface area (Å²) in [5.74, 6) is -0.257. The quantitative estimate of drug-likeness (QED) is 0.451. The molecule has 0 N–H and O–H groups in total. The topological polar surface area (TPSA) is 43.4 Å². The van der Waals surface area contributed by atoms with Gasteiger partial charge in [-0.15, -0.1) is 0 Å². The average Bonchev–Trinajstić information content (AvgIpc) is 2.09. The molecular weight excluding hydrogens is 168 g/mol. The van der Waals surface area contributed by atoms with Crippen LogP contribution in [0.15, 0.2) is 0 Å². The van der Waals surface area contributed by atoms with Crippen LogP contribution in [0, 0.1) is 0 Å². The Hall–Kier alpha value is -0.860. The van der Waals surface area contributed by atoms with E-state index in [4.69, 9.17) is 4.74 Å². The molecule has 0 aliphatic carbocycles. The van der Waals surface area contributed by atoms with Crippen molar-refractivity contribution in [3.63, 3.8) is 0 Å². The van der Waals surface area contributed by atoms with Crippen LogP contribution in [0.3, 0.4) is 0 Å². The molecule has 76 valence electrons. The first-order valence-electron chi connectivity index (χ1n) is 4.81. The third-order valence-corrected chi connectivity index (χ3v) is 1.82. The van der Waals surface area contributed by atoms with Crippen LogP contribution in [-0.4, -0.2) is 18.4 Å². The van der Waals surface area contributed by atoms with Crippen molar-refractivity contribution in [2.45, 2.75) is 52.1 Å². The van der Waals surface area contributed by atoms with Gasteiger partial charge >= 0.3 is 5.97 Å². The van der Waals surface area contributed by atoms with Gasteiger partial charge in [0.25, 0.3) is 0 Å². The number of hydrogen-bond donors (Lipinski definition) is 0. The highest BCUT2D eigenvalue weighted by atomic mass is 16.5. The van der Waals surface area contributed by atoms with Crippen LogP contribution in [0.4, 0.5) is 0 Å². The fourth-order valence-corrected chi connectivity index (χ4v) is 1.18. The van der Waals surface area contributed by atoms with Gasteiger partial charge in [-0.05, 0) is 12.8 Å². The summed E-state index contributed by atoms with van der Waals surface area (Å²) in [6, 6.07) is 0. The molecule has 0 spiro atoms. The Labute approximate surface area is 79.5 Å². The summed E-state index contributed by atoms with van der Waals surface area (Å²) in [5, 5.41) is 0. The maximum Gasteiger partial charge on any atom is 0.302 e. The largest absolute Gasteiger partial charge is 0.463 e. The number of rotatable bonds is 7. The highest BCUT2D eigenvalue weighted by molar-refractivity contribution is 5.66. The van der Waals surface area contributed by atoms with Crippen molar-refractivity contribution in [2.24, 2.45) is 0 Å². The standard InChI is InChI=1S/C10H18O3/c1-3-4-6-10(7-5-8-11)13-9(2)12/h8,10H,3-7H2,1-2H3/t10-/m1/s1. The third-order valence-electron chi connectivity index (χ3n) is 1.82. The summed E-state index contributed by atoms with van der Waals surface area (Å²) < 4.78 is 5.06. The van der Waals surface area contributed by atoms with Gasteiger partial charge in [0.15, 0.2) is 0 Å². The Bertz CT molecular complexity index is 154. The minimum Gasteiger partial charge on any atom is -0.463 e. The molecule has 0 saturated heterocycles. The van der Waals surface area contributed by atoms with Crippen molar-refractivity contribution in [1.82, 2.24) is 0 Å². The molecule has 0 saturated carbocycles. The van der Waals surface area contributed by atoms with Crippen LogP contribution in [0.2, 0.25) is 0 Å². The Morgan fingerprint density at radius 1 is 1.46 bits per heavy atom. The number of hydrogen-bond acceptors (Lipinski definition) is 3. The molecule has 13 heavy (non-hydrogen) atoms. The normalized spacial score (nSPS) is 12.2. The van der Waals surface area contributed by atoms with E-state index in [0.29, 0.717) is 12.8 Å². The monoisotopic (exact) mass is 186 g/mol. The number of unbranched alkanes of at least 4 members (excludes halogenated alkanes) is 1. The molecule has 0 aromatic heterocycles. The van der Waals surface area contributed by atoms with Crippen molar-refractivity contribution >= 4 is 12.3 Å². The SMILES string of the molecule is CCCC[C@H](CCC=O)OC(C)=O. The van der Waals surface area contributed by atoms with Gasteiger partial charge in [0, 0.05) is 13.3 Å². The Morgan fingerprint density at radius 2 is 2.15 bits per heavy atom. The van der Waals surface area contributed by atoms with Crippen LogP contribution in [0.5, 0.6) is 0 Å². The lowest BCUT2D eigenvalue weighted by Crippen LogP contribution is -2.16. The molecule has 0 unspecified atom stereocenters. The minimum atomic E-state index is -0.257. The van der Waals surface area contributed by atoms with Crippen molar-refractivity contribution in [1.29, 1.82) is 0 Å². The van der Waals surface area contributed by atoms with E-state index in [1.165, 1.54) is 6.92 Å². The van der Waals surface area contributed by atoms with Crippen LogP contribution >= 0.6 is 0 Å². The van der Waals surface area contributed by atoms with Gasteiger partial charge in [-0.3, -0.25) is 4.79 Å². The van der Waals surface area contributed by atoms with Gasteiger partial charge in [-0.2, -0.15) is 0 Å². The maximum absolute atomic E-state index is 10.7. The molecule has 0 radical (unpaired) electrons. The summed E-state index contributed by atoms with van der Waals surface area (Å²) in [6.45, 7) is 3.49. The summed E-state index contributed by atoms with van der Waals surface area (Å²) in [6.07, 6.45) is 4.91. The smallest absolute Gasteiger partial charge is 0.302 e. The molecule has 0 aromatic rings. The Kier molecular flexibility index (Phi) is 7.26. The van der Waals surface area contributed by atoms with Crippen LogP contribution in [-0.2, 0) is 14.3 Å². The molecule has 0 amide bonds. The first-order valence-corrected chi connectivity index (χ1v) is 4.81. The molecule has 0 aromatic carbocycles. The fourth-order valence-electron chi connectivity index (χ4n) is 1.18. The van der Waals surface area contributed by atoms with E-state index >= 15 is 0 Å². The molecule has 1 atom stereocenters. The van der Waals surface area contributed by atoms with Crippen molar-refractivity contribution in [3.05, 3.63) is 0 Å². The zero-order chi connectivity index (χ0) is 10.1. The van der Waals surface area contributed by atoms with Gasteiger partial charge in [0.1, 0.15) is 12.4 Å². The van der Waals surface area contributed by atoms with Crippen molar-refractivity contribution in [3.8, 4) is 0 Å². The zero-order valence-electron chi connectivity index (χ0n) is 8.41.